The van der Waals surface area contributed by atoms with E-state index in [9.17, 15) is 0 Å². The van der Waals surface area contributed by atoms with Gasteiger partial charge in [0.2, 0.25) is 0 Å². The zero-order chi connectivity index (χ0) is 12.3. The molecule has 1 fully saturated rings. The first kappa shape index (κ1) is 12.6. The van der Waals surface area contributed by atoms with Gasteiger partial charge in [-0.05, 0) is 44.7 Å². The molecule has 1 N–H and O–H groups in total. The fourth-order valence-electron chi connectivity index (χ4n) is 2.49. The van der Waals surface area contributed by atoms with Gasteiger partial charge >= 0.3 is 0 Å². The Kier molecular flexibility index (Phi) is 4.19. The summed E-state index contributed by atoms with van der Waals surface area (Å²) >= 11 is 0. The zero-order valence-corrected chi connectivity index (χ0v) is 11.1. The summed E-state index contributed by atoms with van der Waals surface area (Å²) in [7, 11) is 0. The smallest absolute Gasteiger partial charge is 0.0790 e. The van der Waals surface area contributed by atoms with Gasteiger partial charge in [0.25, 0.3) is 0 Å². The average molecular weight is 233 g/mol. The summed E-state index contributed by atoms with van der Waals surface area (Å²) in [6.07, 6.45) is 5.44. The lowest BCUT2D eigenvalue weighted by molar-refractivity contribution is -0.0377. The predicted molar refractivity (Wildman–Crippen MR) is 70.8 cm³/mol. The van der Waals surface area contributed by atoms with Gasteiger partial charge in [-0.2, -0.15) is 5.48 Å². The van der Waals surface area contributed by atoms with E-state index in [1.54, 1.807) is 0 Å². The number of rotatable bonds is 4. The lowest BCUT2D eigenvalue weighted by Gasteiger charge is -2.19. The van der Waals surface area contributed by atoms with Crippen molar-refractivity contribution in [1.29, 1.82) is 0 Å². The van der Waals surface area contributed by atoms with Crippen LogP contribution in [-0.2, 0) is 4.84 Å². The Morgan fingerprint density at radius 1 is 1.24 bits per heavy atom. The maximum atomic E-state index is 5.76. The molecule has 94 valence electrons. The number of hydrogen-bond donors (Lipinski definition) is 1. The molecule has 1 unspecified atom stereocenters. The van der Waals surface area contributed by atoms with Crippen molar-refractivity contribution < 1.29 is 4.84 Å². The van der Waals surface area contributed by atoms with Gasteiger partial charge in [-0.3, -0.25) is 4.84 Å². The van der Waals surface area contributed by atoms with E-state index in [1.165, 1.54) is 42.4 Å². The van der Waals surface area contributed by atoms with Crippen molar-refractivity contribution in [3.8, 4) is 0 Å². The molecule has 0 aromatic heterocycles. The highest BCUT2D eigenvalue weighted by Gasteiger charge is 2.17. The van der Waals surface area contributed by atoms with Crippen LogP contribution in [0.4, 0.5) is 0 Å². The first-order valence-corrected chi connectivity index (χ1v) is 6.65. The van der Waals surface area contributed by atoms with Crippen LogP contribution in [0.5, 0.6) is 0 Å². The molecule has 1 aromatic carbocycles. The second-order valence-electron chi connectivity index (χ2n) is 5.22. The van der Waals surface area contributed by atoms with E-state index in [4.69, 9.17) is 4.84 Å². The lowest BCUT2D eigenvalue weighted by atomic mass is 10.0. The van der Waals surface area contributed by atoms with Gasteiger partial charge < -0.3 is 0 Å². The van der Waals surface area contributed by atoms with E-state index < -0.39 is 0 Å². The SMILES string of the molecule is Cc1ccc(C)c(C(C)NOC2CCCC2)c1. The van der Waals surface area contributed by atoms with Crippen molar-refractivity contribution in [2.24, 2.45) is 0 Å². The second-order valence-corrected chi connectivity index (χ2v) is 5.22. The number of hydroxylamine groups is 1. The molecule has 0 aliphatic heterocycles. The van der Waals surface area contributed by atoms with Crippen molar-refractivity contribution in [2.75, 3.05) is 0 Å². The molecule has 0 bridgehead atoms. The summed E-state index contributed by atoms with van der Waals surface area (Å²) in [6, 6.07) is 6.84. The van der Waals surface area contributed by atoms with Gasteiger partial charge in [0, 0.05) is 0 Å². The first-order valence-electron chi connectivity index (χ1n) is 6.65. The highest BCUT2D eigenvalue weighted by Crippen LogP contribution is 2.23. The Bertz CT molecular complexity index is 369. The molecule has 0 radical (unpaired) electrons. The number of nitrogens with one attached hydrogen (secondary N) is 1. The average Bonchev–Trinajstić information content (AvgIpc) is 2.82. The van der Waals surface area contributed by atoms with Crippen LogP contribution in [-0.4, -0.2) is 6.10 Å². The minimum Gasteiger partial charge on any atom is -0.298 e. The van der Waals surface area contributed by atoms with E-state index in [2.05, 4.69) is 44.5 Å². The third-order valence-electron chi connectivity index (χ3n) is 3.61. The monoisotopic (exact) mass is 233 g/mol. The largest absolute Gasteiger partial charge is 0.298 e. The third-order valence-corrected chi connectivity index (χ3v) is 3.61. The van der Waals surface area contributed by atoms with Gasteiger partial charge in [0.05, 0.1) is 12.1 Å². The summed E-state index contributed by atoms with van der Waals surface area (Å²) in [4.78, 5) is 5.76. The first-order chi connectivity index (χ1) is 8.16. The Morgan fingerprint density at radius 3 is 2.65 bits per heavy atom. The summed E-state index contributed by atoms with van der Waals surface area (Å²) in [5.74, 6) is 0. The molecule has 0 spiro atoms. The quantitative estimate of drug-likeness (QED) is 0.798. The Labute approximate surface area is 104 Å². The van der Waals surface area contributed by atoms with Crippen LogP contribution < -0.4 is 5.48 Å². The van der Waals surface area contributed by atoms with Crippen molar-refractivity contribution in [3.05, 3.63) is 34.9 Å². The number of benzene rings is 1. The summed E-state index contributed by atoms with van der Waals surface area (Å²) in [5.41, 5.74) is 7.18. The van der Waals surface area contributed by atoms with E-state index in [0.717, 1.165) is 0 Å². The normalized spacial score (nSPS) is 18.5. The van der Waals surface area contributed by atoms with Crippen LogP contribution in [0.15, 0.2) is 18.2 Å². The molecule has 17 heavy (non-hydrogen) atoms. The minimum absolute atomic E-state index is 0.260. The lowest BCUT2D eigenvalue weighted by Crippen LogP contribution is -2.25. The molecule has 2 heteroatoms. The van der Waals surface area contributed by atoms with E-state index in [-0.39, 0.29) is 6.04 Å². The fourth-order valence-corrected chi connectivity index (χ4v) is 2.49. The summed E-state index contributed by atoms with van der Waals surface area (Å²) < 4.78 is 0. The zero-order valence-electron chi connectivity index (χ0n) is 11.1. The molecule has 1 aliphatic carbocycles. The molecule has 0 heterocycles. The molecular formula is C15H23NO. The third kappa shape index (κ3) is 3.30. The highest BCUT2D eigenvalue weighted by atomic mass is 16.7. The van der Waals surface area contributed by atoms with E-state index in [0.29, 0.717) is 6.10 Å². The van der Waals surface area contributed by atoms with Gasteiger partial charge in [-0.1, -0.05) is 36.6 Å². The summed E-state index contributed by atoms with van der Waals surface area (Å²) in [5, 5.41) is 0. The molecule has 2 rings (SSSR count). The minimum atomic E-state index is 0.260. The van der Waals surface area contributed by atoms with Crippen LogP contribution in [0.3, 0.4) is 0 Å². The maximum absolute atomic E-state index is 5.76. The van der Waals surface area contributed by atoms with Crippen molar-refractivity contribution in [1.82, 2.24) is 5.48 Å². The number of aryl methyl sites for hydroxylation is 2. The van der Waals surface area contributed by atoms with Crippen LogP contribution in [0, 0.1) is 13.8 Å². The van der Waals surface area contributed by atoms with E-state index >= 15 is 0 Å². The molecule has 0 saturated heterocycles. The summed E-state index contributed by atoms with van der Waals surface area (Å²) in [6.45, 7) is 6.45. The van der Waals surface area contributed by atoms with Crippen LogP contribution in [0.25, 0.3) is 0 Å². The molecule has 1 saturated carbocycles. The second kappa shape index (κ2) is 5.65. The molecule has 1 aromatic rings. The maximum Gasteiger partial charge on any atom is 0.0790 e. The molecule has 0 amide bonds. The Morgan fingerprint density at radius 2 is 1.94 bits per heavy atom. The molecule has 1 aliphatic rings. The molecular weight excluding hydrogens is 210 g/mol. The highest BCUT2D eigenvalue weighted by molar-refractivity contribution is 5.32. The predicted octanol–water partition coefficient (Wildman–Crippen LogP) is 3.83. The van der Waals surface area contributed by atoms with Crippen molar-refractivity contribution in [2.45, 2.75) is 58.6 Å². The van der Waals surface area contributed by atoms with Crippen LogP contribution in [0.1, 0.15) is 55.3 Å². The van der Waals surface area contributed by atoms with Gasteiger partial charge in [0.15, 0.2) is 0 Å². The van der Waals surface area contributed by atoms with Crippen LogP contribution in [0.2, 0.25) is 0 Å². The van der Waals surface area contributed by atoms with Crippen LogP contribution >= 0.6 is 0 Å². The van der Waals surface area contributed by atoms with Gasteiger partial charge in [0.1, 0.15) is 0 Å². The standard InChI is InChI=1S/C15H23NO/c1-11-8-9-12(2)15(10-11)13(3)16-17-14-6-4-5-7-14/h8-10,13-14,16H,4-7H2,1-3H3. The van der Waals surface area contributed by atoms with E-state index in [1.807, 2.05) is 0 Å². The molecule has 2 nitrogen and oxygen atoms in total. The topological polar surface area (TPSA) is 21.3 Å². The number of hydrogen-bond acceptors (Lipinski definition) is 2. The van der Waals surface area contributed by atoms with Gasteiger partial charge in [-0.25, -0.2) is 0 Å². The van der Waals surface area contributed by atoms with Crippen molar-refractivity contribution >= 4 is 0 Å². The van der Waals surface area contributed by atoms with Gasteiger partial charge in [-0.15, -0.1) is 0 Å². The fraction of sp³-hybridized carbons (Fsp3) is 0.600. The Balaban J connectivity index is 1.93. The Hall–Kier alpha value is -0.860. The molecule has 1 atom stereocenters. The van der Waals surface area contributed by atoms with Crippen molar-refractivity contribution in [3.63, 3.8) is 0 Å².